The number of ketones is 1. The molecule has 0 bridgehead atoms. The lowest BCUT2D eigenvalue weighted by Gasteiger charge is -2.12. The molecule has 0 fully saturated rings. The van der Waals surface area contributed by atoms with Gasteiger partial charge >= 0.3 is 0 Å². The summed E-state index contributed by atoms with van der Waals surface area (Å²) in [5, 5.41) is 0. The van der Waals surface area contributed by atoms with Crippen LogP contribution in [0.1, 0.15) is 30.1 Å². The molecule has 2 heteroatoms. The topological polar surface area (TPSA) is 26.3 Å². The van der Waals surface area contributed by atoms with E-state index in [9.17, 15) is 4.79 Å². The van der Waals surface area contributed by atoms with Crippen molar-refractivity contribution in [3.05, 3.63) is 35.9 Å². The van der Waals surface area contributed by atoms with Crippen LogP contribution >= 0.6 is 0 Å². The molecule has 0 spiro atoms. The quantitative estimate of drug-likeness (QED) is 0.670. The summed E-state index contributed by atoms with van der Waals surface area (Å²) in [5.74, 6) is 0.0787. The lowest BCUT2D eigenvalue weighted by molar-refractivity contribution is 0.0579. The Bertz CT molecular complexity index is 280. The highest BCUT2D eigenvalue weighted by molar-refractivity contribution is 5.99. The average Bonchev–Trinajstić information content (AvgIpc) is 2.26. The second-order valence-corrected chi connectivity index (χ2v) is 3.24. The van der Waals surface area contributed by atoms with Gasteiger partial charge in [0.1, 0.15) is 6.10 Å². The van der Waals surface area contributed by atoms with Crippen LogP contribution in [0.15, 0.2) is 30.3 Å². The third-order valence-electron chi connectivity index (χ3n) is 2.19. The summed E-state index contributed by atoms with van der Waals surface area (Å²) in [6, 6.07) is 9.28. The second-order valence-electron chi connectivity index (χ2n) is 3.24. The third kappa shape index (κ3) is 2.67. The van der Waals surface area contributed by atoms with Gasteiger partial charge in [0.25, 0.3) is 0 Å². The van der Waals surface area contributed by atoms with Crippen molar-refractivity contribution in [1.29, 1.82) is 0 Å². The van der Waals surface area contributed by atoms with Gasteiger partial charge in [-0.25, -0.2) is 0 Å². The minimum absolute atomic E-state index is 0.0787. The Kier molecular flexibility index (Phi) is 4.33. The summed E-state index contributed by atoms with van der Waals surface area (Å²) in [6.07, 6.45) is 1.45. The van der Waals surface area contributed by atoms with E-state index in [-0.39, 0.29) is 11.9 Å². The molecule has 1 rings (SSSR count). The smallest absolute Gasteiger partial charge is 0.191 e. The summed E-state index contributed by atoms with van der Waals surface area (Å²) < 4.78 is 5.16. The first-order valence-electron chi connectivity index (χ1n) is 4.91. The van der Waals surface area contributed by atoms with Crippen molar-refractivity contribution in [2.24, 2.45) is 0 Å². The van der Waals surface area contributed by atoms with Crippen molar-refractivity contribution in [1.82, 2.24) is 0 Å². The number of ether oxygens (including phenoxy) is 1. The average molecular weight is 192 g/mol. The van der Waals surface area contributed by atoms with Gasteiger partial charge in [0.15, 0.2) is 5.78 Å². The number of Topliss-reactive ketones (excluding diaryl/α,β-unsaturated/α-hetero) is 1. The predicted octanol–water partition coefficient (Wildman–Crippen LogP) is 2.68. The molecule has 0 aliphatic carbocycles. The Balaban J connectivity index is 2.73. The summed E-state index contributed by atoms with van der Waals surface area (Å²) in [5.41, 5.74) is 0.729. The number of hydrogen-bond donors (Lipinski definition) is 0. The number of hydrogen-bond acceptors (Lipinski definition) is 2. The van der Waals surface area contributed by atoms with Gasteiger partial charge in [-0.3, -0.25) is 4.79 Å². The fourth-order valence-corrected chi connectivity index (χ4v) is 1.41. The molecule has 0 aliphatic heterocycles. The molecule has 1 unspecified atom stereocenters. The molecule has 0 radical (unpaired) electrons. The number of benzene rings is 1. The highest BCUT2D eigenvalue weighted by Crippen LogP contribution is 2.10. The van der Waals surface area contributed by atoms with E-state index in [0.29, 0.717) is 0 Å². The lowest BCUT2D eigenvalue weighted by Crippen LogP contribution is -2.22. The molecule has 0 saturated carbocycles. The van der Waals surface area contributed by atoms with Gasteiger partial charge in [-0.15, -0.1) is 0 Å². The minimum atomic E-state index is -0.289. The first-order chi connectivity index (χ1) is 6.79. The molecule has 0 saturated heterocycles. The largest absolute Gasteiger partial charge is 0.373 e. The van der Waals surface area contributed by atoms with E-state index in [2.05, 4.69) is 0 Å². The first-order valence-corrected chi connectivity index (χ1v) is 4.91. The maximum Gasteiger partial charge on any atom is 0.191 e. The predicted molar refractivity (Wildman–Crippen MR) is 56.5 cm³/mol. The molecular formula is C12H16O2. The van der Waals surface area contributed by atoms with Crippen LogP contribution < -0.4 is 0 Å². The molecule has 0 N–H and O–H groups in total. The first kappa shape index (κ1) is 10.9. The third-order valence-corrected chi connectivity index (χ3v) is 2.19. The van der Waals surface area contributed by atoms with Crippen molar-refractivity contribution in [2.45, 2.75) is 25.9 Å². The molecule has 1 aromatic rings. The Morgan fingerprint density at radius 3 is 2.50 bits per heavy atom. The van der Waals surface area contributed by atoms with Crippen LogP contribution in [0.3, 0.4) is 0 Å². The van der Waals surface area contributed by atoms with Gasteiger partial charge in [-0.2, -0.15) is 0 Å². The van der Waals surface area contributed by atoms with Gasteiger partial charge in [0, 0.05) is 12.7 Å². The number of carbonyl (C=O) groups is 1. The molecule has 14 heavy (non-hydrogen) atoms. The SMILES string of the molecule is CCCC(OC)C(=O)c1ccccc1. The van der Waals surface area contributed by atoms with E-state index in [4.69, 9.17) is 4.74 Å². The summed E-state index contributed by atoms with van der Waals surface area (Å²) >= 11 is 0. The Labute approximate surface area is 84.9 Å². The van der Waals surface area contributed by atoms with Crippen LogP contribution in [0, 0.1) is 0 Å². The molecule has 0 aliphatic rings. The summed E-state index contributed by atoms with van der Waals surface area (Å²) in [6.45, 7) is 2.05. The Morgan fingerprint density at radius 1 is 1.36 bits per heavy atom. The number of methoxy groups -OCH3 is 1. The van der Waals surface area contributed by atoms with E-state index in [0.717, 1.165) is 18.4 Å². The minimum Gasteiger partial charge on any atom is -0.373 e. The number of rotatable bonds is 5. The van der Waals surface area contributed by atoms with Crippen LogP contribution in [-0.4, -0.2) is 19.0 Å². The van der Waals surface area contributed by atoms with Crippen LogP contribution in [0.25, 0.3) is 0 Å². The highest BCUT2D eigenvalue weighted by Gasteiger charge is 2.17. The van der Waals surface area contributed by atoms with Crippen LogP contribution in [-0.2, 0) is 4.74 Å². The summed E-state index contributed by atoms with van der Waals surface area (Å²) in [4.78, 5) is 11.8. The van der Waals surface area contributed by atoms with Gasteiger partial charge in [0.2, 0.25) is 0 Å². The normalized spacial score (nSPS) is 12.4. The van der Waals surface area contributed by atoms with Gasteiger partial charge in [0.05, 0.1) is 0 Å². The van der Waals surface area contributed by atoms with Gasteiger partial charge < -0.3 is 4.74 Å². The second kappa shape index (κ2) is 5.55. The van der Waals surface area contributed by atoms with Crippen molar-refractivity contribution < 1.29 is 9.53 Å². The molecule has 1 atom stereocenters. The fraction of sp³-hybridized carbons (Fsp3) is 0.417. The standard InChI is InChI=1S/C12H16O2/c1-3-7-11(14-2)12(13)10-8-5-4-6-9-10/h4-6,8-9,11H,3,7H2,1-2H3. The lowest BCUT2D eigenvalue weighted by atomic mass is 10.0. The molecule has 76 valence electrons. The molecular weight excluding hydrogens is 176 g/mol. The van der Waals surface area contributed by atoms with Crippen LogP contribution in [0.4, 0.5) is 0 Å². The van der Waals surface area contributed by atoms with Crippen LogP contribution in [0.2, 0.25) is 0 Å². The van der Waals surface area contributed by atoms with Gasteiger partial charge in [-0.1, -0.05) is 43.7 Å². The molecule has 0 aromatic heterocycles. The van der Waals surface area contributed by atoms with E-state index >= 15 is 0 Å². The zero-order chi connectivity index (χ0) is 10.4. The van der Waals surface area contributed by atoms with Crippen molar-refractivity contribution in [2.75, 3.05) is 7.11 Å². The Hall–Kier alpha value is -1.15. The van der Waals surface area contributed by atoms with Crippen molar-refractivity contribution in [3.63, 3.8) is 0 Å². The maximum atomic E-state index is 11.8. The Morgan fingerprint density at radius 2 is 2.00 bits per heavy atom. The van der Waals surface area contributed by atoms with E-state index in [1.54, 1.807) is 7.11 Å². The highest BCUT2D eigenvalue weighted by atomic mass is 16.5. The molecule has 0 amide bonds. The monoisotopic (exact) mass is 192 g/mol. The number of carbonyl (C=O) groups excluding carboxylic acids is 1. The summed E-state index contributed by atoms with van der Waals surface area (Å²) in [7, 11) is 1.58. The molecule has 1 aromatic carbocycles. The van der Waals surface area contributed by atoms with Crippen molar-refractivity contribution in [3.8, 4) is 0 Å². The maximum absolute atomic E-state index is 11.8. The van der Waals surface area contributed by atoms with Crippen molar-refractivity contribution >= 4 is 5.78 Å². The zero-order valence-electron chi connectivity index (χ0n) is 8.69. The van der Waals surface area contributed by atoms with E-state index in [1.165, 1.54) is 0 Å². The zero-order valence-corrected chi connectivity index (χ0v) is 8.69. The molecule has 0 heterocycles. The van der Waals surface area contributed by atoms with E-state index in [1.807, 2.05) is 37.3 Å². The van der Waals surface area contributed by atoms with Crippen LogP contribution in [0.5, 0.6) is 0 Å². The molecule has 2 nitrogen and oxygen atoms in total. The van der Waals surface area contributed by atoms with E-state index < -0.39 is 0 Å². The fourth-order valence-electron chi connectivity index (χ4n) is 1.41. The van der Waals surface area contributed by atoms with Gasteiger partial charge in [-0.05, 0) is 6.42 Å².